The van der Waals surface area contributed by atoms with Crippen LogP contribution in [0.5, 0.6) is 0 Å². The summed E-state index contributed by atoms with van der Waals surface area (Å²) < 4.78 is 5.39. The second-order valence-electron chi connectivity index (χ2n) is 4.28. The molecule has 0 saturated heterocycles. The van der Waals surface area contributed by atoms with Gasteiger partial charge in [0.25, 0.3) is 0 Å². The van der Waals surface area contributed by atoms with Crippen molar-refractivity contribution in [2.24, 2.45) is 5.41 Å². The third-order valence-corrected chi connectivity index (χ3v) is 3.77. The normalized spacial score (nSPS) is 31.4. The van der Waals surface area contributed by atoms with Crippen molar-refractivity contribution in [1.82, 2.24) is 5.32 Å². The predicted octanol–water partition coefficient (Wildman–Crippen LogP) is 1.75. The topological polar surface area (TPSA) is 21.3 Å². The molecule has 1 rings (SSSR count). The molecule has 0 radical (unpaired) electrons. The minimum absolute atomic E-state index is 0.313. The van der Waals surface area contributed by atoms with Gasteiger partial charge in [-0.1, -0.05) is 13.8 Å². The Bertz CT molecular complexity index is 161. The van der Waals surface area contributed by atoms with E-state index in [9.17, 15) is 0 Å². The number of methoxy groups -OCH3 is 1. The van der Waals surface area contributed by atoms with Gasteiger partial charge in [0.15, 0.2) is 0 Å². The summed E-state index contributed by atoms with van der Waals surface area (Å²) in [7, 11) is 1.81. The molecule has 1 saturated carbocycles. The first-order valence-corrected chi connectivity index (χ1v) is 6.27. The molecule has 2 atom stereocenters. The van der Waals surface area contributed by atoms with Crippen molar-refractivity contribution in [3.8, 4) is 0 Å². The summed E-state index contributed by atoms with van der Waals surface area (Å²) in [4.78, 5) is 0. The number of rotatable bonds is 5. The molecule has 1 aliphatic rings. The van der Waals surface area contributed by atoms with Gasteiger partial charge in [-0.3, -0.25) is 0 Å². The van der Waals surface area contributed by atoms with Gasteiger partial charge in [-0.05, 0) is 12.7 Å². The monoisotopic (exact) mass is 203 g/mol. The van der Waals surface area contributed by atoms with Crippen LogP contribution in [0, 0.1) is 5.41 Å². The lowest BCUT2D eigenvalue weighted by Crippen LogP contribution is -2.60. The average molecular weight is 203 g/mol. The van der Waals surface area contributed by atoms with Crippen LogP contribution < -0.4 is 5.32 Å². The second-order valence-corrected chi connectivity index (χ2v) is 5.27. The summed E-state index contributed by atoms with van der Waals surface area (Å²) in [5.74, 6) is 1.20. The molecule has 0 spiro atoms. The fourth-order valence-electron chi connectivity index (χ4n) is 1.97. The molecule has 1 aliphatic carbocycles. The van der Waals surface area contributed by atoms with Gasteiger partial charge in [0, 0.05) is 30.9 Å². The Morgan fingerprint density at radius 1 is 1.54 bits per heavy atom. The molecule has 2 unspecified atom stereocenters. The lowest BCUT2D eigenvalue weighted by atomic mass is 9.64. The van der Waals surface area contributed by atoms with Crippen LogP contribution in [0.2, 0.25) is 0 Å². The van der Waals surface area contributed by atoms with Crippen molar-refractivity contribution in [3.05, 3.63) is 0 Å². The molecule has 0 heterocycles. The molecule has 0 aromatic heterocycles. The maximum absolute atomic E-state index is 5.39. The van der Waals surface area contributed by atoms with Crippen LogP contribution >= 0.6 is 11.8 Å². The molecule has 0 amide bonds. The van der Waals surface area contributed by atoms with E-state index in [1.165, 1.54) is 5.75 Å². The highest BCUT2D eigenvalue weighted by atomic mass is 32.2. The highest BCUT2D eigenvalue weighted by Gasteiger charge is 2.47. The van der Waals surface area contributed by atoms with E-state index in [4.69, 9.17) is 4.74 Å². The van der Waals surface area contributed by atoms with E-state index in [2.05, 4.69) is 25.4 Å². The van der Waals surface area contributed by atoms with Crippen LogP contribution in [0.25, 0.3) is 0 Å². The van der Waals surface area contributed by atoms with E-state index in [0.717, 1.165) is 13.0 Å². The molecule has 1 N–H and O–H groups in total. The molecule has 0 aliphatic heterocycles. The number of hydrogen-bond acceptors (Lipinski definition) is 3. The van der Waals surface area contributed by atoms with Crippen LogP contribution in [0.3, 0.4) is 0 Å². The van der Waals surface area contributed by atoms with Gasteiger partial charge >= 0.3 is 0 Å². The molecule has 0 bridgehead atoms. The summed E-state index contributed by atoms with van der Waals surface area (Å²) in [5, 5.41) is 3.57. The lowest BCUT2D eigenvalue weighted by molar-refractivity contribution is -0.0967. The first-order valence-electron chi connectivity index (χ1n) is 4.88. The second kappa shape index (κ2) is 4.67. The lowest BCUT2D eigenvalue weighted by Gasteiger charge is -2.51. The Kier molecular flexibility index (Phi) is 4.07. The molecular formula is C10H21NOS. The molecule has 78 valence electrons. The van der Waals surface area contributed by atoms with E-state index in [-0.39, 0.29) is 0 Å². The van der Waals surface area contributed by atoms with E-state index in [0.29, 0.717) is 17.6 Å². The summed E-state index contributed by atoms with van der Waals surface area (Å²) in [5.41, 5.74) is 0.313. The Balaban J connectivity index is 2.23. The molecule has 0 aromatic rings. The Labute approximate surface area is 85.8 Å². The van der Waals surface area contributed by atoms with Crippen molar-refractivity contribution in [2.75, 3.05) is 25.7 Å². The predicted molar refractivity (Wildman–Crippen MR) is 59.4 cm³/mol. The third kappa shape index (κ3) is 2.39. The molecule has 2 nitrogen and oxygen atoms in total. The third-order valence-electron chi connectivity index (χ3n) is 3.16. The zero-order chi connectivity index (χ0) is 9.90. The van der Waals surface area contributed by atoms with Crippen molar-refractivity contribution >= 4 is 11.8 Å². The Hall–Kier alpha value is 0.270. The summed E-state index contributed by atoms with van der Waals surface area (Å²) >= 11 is 1.89. The highest BCUT2D eigenvalue weighted by Crippen LogP contribution is 2.42. The zero-order valence-electron chi connectivity index (χ0n) is 9.09. The number of ether oxygens (including phenoxy) is 1. The van der Waals surface area contributed by atoms with E-state index >= 15 is 0 Å². The van der Waals surface area contributed by atoms with Crippen LogP contribution in [0.15, 0.2) is 0 Å². The minimum Gasteiger partial charge on any atom is -0.381 e. The maximum Gasteiger partial charge on any atom is 0.0652 e. The van der Waals surface area contributed by atoms with Gasteiger partial charge in [-0.25, -0.2) is 0 Å². The van der Waals surface area contributed by atoms with Crippen LogP contribution in [-0.2, 0) is 4.74 Å². The summed E-state index contributed by atoms with van der Waals surface area (Å²) in [6, 6.07) is 0.643. The molecule has 0 aromatic carbocycles. The average Bonchev–Trinajstić information content (AvgIpc) is 2.10. The van der Waals surface area contributed by atoms with Gasteiger partial charge in [0.05, 0.1) is 6.10 Å². The van der Waals surface area contributed by atoms with Crippen LogP contribution in [0.4, 0.5) is 0 Å². The van der Waals surface area contributed by atoms with Gasteiger partial charge in [-0.2, -0.15) is 11.8 Å². The van der Waals surface area contributed by atoms with Crippen molar-refractivity contribution in [3.63, 3.8) is 0 Å². The molecule has 1 fully saturated rings. The maximum atomic E-state index is 5.39. The highest BCUT2D eigenvalue weighted by molar-refractivity contribution is 7.98. The zero-order valence-corrected chi connectivity index (χ0v) is 9.91. The first-order chi connectivity index (χ1) is 6.12. The van der Waals surface area contributed by atoms with Gasteiger partial charge < -0.3 is 10.1 Å². The molecule has 3 heteroatoms. The number of nitrogens with one attached hydrogen (secondary N) is 1. The van der Waals surface area contributed by atoms with Crippen molar-refractivity contribution in [2.45, 2.75) is 32.4 Å². The standard InChI is InChI=1S/C10H21NOS/c1-10(2)8(7-9(10)12-3)11-5-6-13-4/h8-9,11H,5-7H2,1-4H3. The van der Waals surface area contributed by atoms with Gasteiger partial charge in [0.1, 0.15) is 0 Å². The van der Waals surface area contributed by atoms with Crippen molar-refractivity contribution < 1.29 is 4.74 Å². The SMILES string of the molecule is COC1CC(NCCSC)C1(C)C. The number of hydrogen-bond donors (Lipinski definition) is 1. The summed E-state index contributed by atoms with van der Waals surface area (Å²) in [6.45, 7) is 5.68. The summed E-state index contributed by atoms with van der Waals surface area (Å²) in [6.07, 6.45) is 3.75. The quantitative estimate of drug-likeness (QED) is 0.688. The van der Waals surface area contributed by atoms with E-state index in [1.807, 2.05) is 18.9 Å². The van der Waals surface area contributed by atoms with E-state index < -0.39 is 0 Å². The molecular weight excluding hydrogens is 182 g/mol. The smallest absolute Gasteiger partial charge is 0.0652 e. The first kappa shape index (κ1) is 11.3. The minimum atomic E-state index is 0.313. The van der Waals surface area contributed by atoms with Crippen LogP contribution in [0.1, 0.15) is 20.3 Å². The number of thioether (sulfide) groups is 1. The fraction of sp³-hybridized carbons (Fsp3) is 1.00. The van der Waals surface area contributed by atoms with Crippen LogP contribution in [-0.4, -0.2) is 37.8 Å². The fourth-order valence-corrected chi connectivity index (χ4v) is 2.29. The van der Waals surface area contributed by atoms with E-state index in [1.54, 1.807) is 0 Å². The van der Waals surface area contributed by atoms with Crippen molar-refractivity contribution in [1.29, 1.82) is 0 Å². The Morgan fingerprint density at radius 2 is 2.23 bits per heavy atom. The van der Waals surface area contributed by atoms with Gasteiger partial charge in [0.2, 0.25) is 0 Å². The Morgan fingerprint density at radius 3 is 2.69 bits per heavy atom. The molecule has 13 heavy (non-hydrogen) atoms. The van der Waals surface area contributed by atoms with Gasteiger partial charge in [-0.15, -0.1) is 0 Å². The largest absolute Gasteiger partial charge is 0.381 e.